The molecule has 76 heavy (non-hydrogen) atoms. The van der Waals surface area contributed by atoms with Crippen LogP contribution in [0.5, 0.6) is 0 Å². The Morgan fingerprint density at radius 3 is 0.776 bits per heavy atom. The van der Waals surface area contributed by atoms with E-state index in [1.165, 1.54) is 212 Å². The number of esters is 3. The molecule has 0 saturated heterocycles. The van der Waals surface area contributed by atoms with Crippen LogP contribution in [-0.4, -0.2) is 37.2 Å². The second kappa shape index (κ2) is 64.4. The van der Waals surface area contributed by atoms with Crippen molar-refractivity contribution in [3.05, 3.63) is 72.9 Å². The molecule has 0 radical (unpaired) electrons. The van der Waals surface area contributed by atoms with Crippen LogP contribution in [0.1, 0.15) is 335 Å². The molecule has 1 unspecified atom stereocenters. The average Bonchev–Trinajstić information content (AvgIpc) is 3.42. The molecular formula is C70H124O6. The molecule has 0 aromatic rings. The van der Waals surface area contributed by atoms with E-state index in [1.807, 2.05) is 6.08 Å². The van der Waals surface area contributed by atoms with E-state index < -0.39 is 6.10 Å². The van der Waals surface area contributed by atoms with Gasteiger partial charge in [-0.15, -0.1) is 0 Å². The minimum Gasteiger partial charge on any atom is -0.462 e. The van der Waals surface area contributed by atoms with E-state index in [0.29, 0.717) is 19.3 Å². The van der Waals surface area contributed by atoms with E-state index in [-0.39, 0.29) is 37.5 Å². The lowest BCUT2D eigenvalue weighted by atomic mass is 10.0. The van der Waals surface area contributed by atoms with Crippen LogP contribution in [0.15, 0.2) is 72.9 Å². The van der Waals surface area contributed by atoms with E-state index >= 15 is 0 Å². The summed E-state index contributed by atoms with van der Waals surface area (Å²) in [6.07, 6.45) is 84.1. The largest absolute Gasteiger partial charge is 0.462 e. The second-order valence-corrected chi connectivity index (χ2v) is 22.0. The van der Waals surface area contributed by atoms with Gasteiger partial charge in [0.1, 0.15) is 13.2 Å². The van der Waals surface area contributed by atoms with Gasteiger partial charge in [0, 0.05) is 19.3 Å². The summed E-state index contributed by atoms with van der Waals surface area (Å²) in [7, 11) is 0. The number of carbonyl (C=O) groups is 3. The lowest BCUT2D eigenvalue weighted by Crippen LogP contribution is -2.30. The first-order chi connectivity index (χ1) is 37.5. The number of rotatable bonds is 60. The van der Waals surface area contributed by atoms with Crippen molar-refractivity contribution in [2.45, 2.75) is 341 Å². The molecule has 0 aliphatic heterocycles. The smallest absolute Gasteiger partial charge is 0.306 e. The molecule has 0 rings (SSSR count). The molecular weight excluding hydrogens is 937 g/mol. The monoisotopic (exact) mass is 1060 g/mol. The van der Waals surface area contributed by atoms with E-state index in [0.717, 1.165) is 77.0 Å². The molecule has 0 bridgehead atoms. The van der Waals surface area contributed by atoms with Gasteiger partial charge in [-0.25, -0.2) is 0 Å². The van der Waals surface area contributed by atoms with Crippen molar-refractivity contribution in [2.75, 3.05) is 13.2 Å². The Balaban J connectivity index is 4.06. The van der Waals surface area contributed by atoms with Gasteiger partial charge in [-0.2, -0.15) is 0 Å². The standard InChI is InChI=1S/C70H124O6/c1-4-7-10-13-16-18-20-22-24-26-28-29-30-31-32-33-34-35-36-37-38-39-40-42-43-45-47-49-51-54-57-60-63-69(72)75-66-67(65-74-68(71)62-59-56-53-15-12-9-6-3)76-70(73)64-61-58-55-52-50-48-46-44-41-27-25-23-21-19-17-14-11-8-5-2/h8,11,17,19,23,25,41,44,48,50,55,58,67H,4-7,9-10,12-16,18,20-22,24,26-40,42-43,45-47,49,51-54,56-57,59-66H2,1-3H3/b11-8-,19-17-,25-23-,44-41-,50-48-,58-55-. The van der Waals surface area contributed by atoms with Gasteiger partial charge in [0.05, 0.1) is 0 Å². The van der Waals surface area contributed by atoms with Gasteiger partial charge in [0.2, 0.25) is 0 Å². The maximum absolute atomic E-state index is 12.8. The van der Waals surface area contributed by atoms with Crippen LogP contribution >= 0.6 is 0 Å². The molecule has 440 valence electrons. The first kappa shape index (κ1) is 72.8. The molecule has 0 spiro atoms. The van der Waals surface area contributed by atoms with Crippen LogP contribution in [0, 0.1) is 0 Å². The number of ether oxygens (including phenoxy) is 3. The van der Waals surface area contributed by atoms with Crippen molar-refractivity contribution in [1.29, 1.82) is 0 Å². The highest BCUT2D eigenvalue weighted by atomic mass is 16.6. The molecule has 0 fully saturated rings. The first-order valence-corrected chi connectivity index (χ1v) is 32.9. The molecule has 1 atom stereocenters. The van der Waals surface area contributed by atoms with E-state index in [4.69, 9.17) is 14.2 Å². The Morgan fingerprint density at radius 2 is 0.513 bits per heavy atom. The van der Waals surface area contributed by atoms with Crippen LogP contribution in [0.25, 0.3) is 0 Å². The summed E-state index contributed by atoms with van der Waals surface area (Å²) < 4.78 is 16.7. The summed E-state index contributed by atoms with van der Waals surface area (Å²) >= 11 is 0. The summed E-state index contributed by atoms with van der Waals surface area (Å²) in [4.78, 5) is 38.0. The Hall–Kier alpha value is -3.15. The zero-order chi connectivity index (χ0) is 55.0. The zero-order valence-corrected chi connectivity index (χ0v) is 50.5. The average molecular weight is 1060 g/mol. The van der Waals surface area contributed by atoms with E-state index in [9.17, 15) is 14.4 Å². The normalized spacial score (nSPS) is 12.5. The van der Waals surface area contributed by atoms with Crippen molar-refractivity contribution in [3.63, 3.8) is 0 Å². The number of allylic oxidation sites excluding steroid dienone is 12. The summed E-state index contributed by atoms with van der Waals surface area (Å²) in [5, 5.41) is 0. The molecule has 6 nitrogen and oxygen atoms in total. The third-order valence-corrected chi connectivity index (χ3v) is 14.5. The summed E-state index contributed by atoms with van der Waals surface area (Å²) in [6.45, 7) is 6.46. The van der Waals surface area contributed by atoms with Crippen LogP contribution in [-0.2, 0) is 28.6 Å². The summed E-state index contributed by atoms with van der Waals surface area (Å²) in [6, 6.07) is 0. The lowest BCUT2D eigenvalue weighted by Gasteiger charge is -2.18. The fraction of sp³-hybridized carbons (Fsp3) is 0.786. The minimum absolute atomic E-state index is 0.102. The highest BCUT2D eigenvalue weighted by Gasteiger charge is 2.19. The maximum Gasteiger partial charge on any atom is 0.306 e. The molecule has 0 amide bonds. The Kier molecular flexibility index (Phi) is 61.7. The molecule has 0 aliphatic carbocycles. The topological polar surface area (TPSA) is 78.9 Å². The molecule has 0 aromatic carbocycles. The first-order valence-electron chi connectivity index (χ1n) is 32.9. The molecule has 0 heterocycles. The van der Waals surface area contributed by atoms with Gasteiger partial charge in [-0.3, -0.25) is 14.4 Å². The Labute approximate surface area is 472 Å². The lowest BCUT2D eigenvalue weighted by molar-refractivity contribution is -0.166. The molecule has 6 heteroatoms. The highest BCUT2D eigenvalue weighted by Crippen LogP contribution is 2.18. The SMILES string of the molecule is CC/C=C\C/C=C\C/C=C\C/C=C\C/C=C\C/C=C\CCC(=O)OC(COC(=O)CCCCCCCCC)COC(=O)CCCCCCCCCCCCCCCCCCCCCCCCCCCCCCCCCC. The fourth-order valence-corrected chi connectivity index (χ4v) is 9.59. The van der Waals surface area contributed by atoms with Crippen molar-refractivity contribution in [2.24, 2.45) is 0 Å². The molecule has 0 N–H and O–H groups in total. The summed E-state index contributed by atoms with van der Waals surface area (Å²) in [5.41, 5.74) is 0. The predicted octanol–water partition coefficient (Wildman–Crippen LogP) is 22.5. The van der Waals surface area contributed by atoms with Gasteiger partial charge in [0.25, 0.3) is 0 Å². The Bertz CT molecular complexity index is 1400. The molecule has 0 aromatic heterocycles. The number of hydrogen-bond acceptors (Lipinski definition) is 6. The quantitative estimate of drug-likeness (QED) is 0.0261. The fourth-order valence-electron chi connectivity index (χ4n) is 9.59. The molecule has 0 aliphatic rings. The van der Waals surface area contributed by atoms with Crippen molar-refractivity contribution in [1.82, 2.24) is 0 Å². The van der Waals surface area contributed by atoms with Crippen LogP contribution < -0.4 is 0 Å². The maximum atomic E-state index is 12.8. The minimum atomic E-state index is -0.812. The van der Waals surface area contributed by atoms with Gasteiger partial charge < -0.3 is 14.2 Å². The van der Waals surface area contributed by atoms with Crippen molar-refractivity contribution in [3.8, 4) is 0 Å². The van der Waals surface area contributed by atoms with E-state index in [2.05, 4.69) is 87.6 Å². The number of carbonyl (C=O) groups excluding carboxylic acids is 3. The molecule has 0 saturated carbocycles. The van der Waals surface area contributed by atoms with Gasteiger partial charge >= 0.3 is 17.9 Å². The third-order valence-electron chi connectivity index (χ3n) is 14.5. The van der Waals surface area contributed by atoms with Crippen LogP contribution in [0.3, 0.4) is 0 Å². The summed E-state index contributed by atoms with van der Waals surface area (Å²) in [5.74, 6) is -0.982. The van der Waals surface area contributed by atoms with Crippen LogP contribution in [0.2, 0.25) is 0 Å². The van der Waals surface area contributed by atoms with E-state index in [1.54, 1.807) is 0 Å². The third kappa shape index (κ3) is 61.7. The predicted molar refractivity (Wildman–Crippen MR) is 330 cm³/mol. The van der Waals surface area contributed by atoms with Gasteiger partial charge in [-0.1, -0.05) is 331 Å². The van der Waals surface area contributed by atoms with Gasteiger partial charge in [0.15, 0.2) is 6.10 Å². The van der Waals surface area contributed by atoms with Crippen molar-refractivity contribution >= 4 is 17.9 Å². The highest BCUT2D eigenvalue weighted by molar-refractivity contribution is 5.71. The zero-order valence-electron chi connectivity index (χ0n) is 50.5. The van der Waals surface area contributed by atoms with Gasteiger partial charge in [-0.05, 0) is 57.8 Å². The Morgan fingerprint density at radius 1 is 0.276 bits per heavy atom. The van der Waals surface area contributed by atoms with Crippen LogP contribution in [0.4, 0.5) is 0 Å². The number of hydrogen-bond donors (Lipinski definition) is 0. The second-order valence-electron chi connectivity index (χ2n) is 22.0. The van der Waals surface area contributed by atoms with Crippen molar-refractivity contribution < 1.29 is 28.6 Å². The number of unbranched alkanes of at least 4 members (excludes halogenated alkanes) is 37.